The number of fused-ring (bicyclic) bond motifs is 1. The second kappa shape index (κ2) is 8.17. The number of nitrogens with one attached hydrogen (secondary N) is 1. The zero-order valence-corrected chi connectivity index (χ0v) is 16.2. The van der Waals surface area contributed by atoms with Gasteiger partial charge < -0.3 is 10.4 Å². The first-order valence-electron chi connectivity index (χ1n) is 9.54. The Balaban J connectivity index is 1.74. The number of aromatic nitrogens is 2. The molecule has 0 saturated heterocycles. The van der Waals surface area contributed by atoms with E-state index in [1.807, 2.05) is 41.1 Å². The molecule has 5 nitrogen and oxygen atoms in total. The van der Waals surface area contributed by atoms with Gasteiger partial charge in [-0.1, -0.05) is 36.2 Å². The number of rotatable bonds is 4. The second-order valence-corrected chi connectivity index (χ2v) is 7.43. The molecule has 4 rings (SSSR count). The van der Waals surface area contributed by atoms with Crippen LogP contribution in [0.4, 0.5) is 5.69 Å². The van der Waals surface area contributed by atoms with Crippen molar-refractivity contribution in [2.24, 2.45) is 0 Å². The van der Waals surface area contributed by atoms with Crippen molar-refractivity contribution in [2.45, 2.75) is 38.7 Å². The first-order valence-corrected chi connectivity index (χ1v) is 9.92. The SMILES string of the molecule is O=C(Nc1ccccc1CO)c1nn(-c2ccc(Cl)cc2)c2c1CCCCC2. The molecule has 2 N–H and O–H groups in total. The van der Waals surface area contributed by atoms with Gasteiger partial charge in [-0.3, -0.25) is 4.79 Å². The molecule has 0 bridgehead atoms. The number of para-hydroxylation sites is 1. The van der Waals surface area contributed by atoms with Gasteiger partial charge in [0.25, 0.3) is 5.91 Å². The van der Waals surface area contributed by atoms with Gasteiger partial charge in [0.15, 0.2) is 5.69 Å². The van der Waals surface area contributed by atoms with E-state index in [1.165, 1.54) is 0 Å². The van der Waals surface area contributed by atoms with Crippen molar-refractivity contribution in [2.75, 3.05) is 5.32 Å². The van der Waals surface area contributed by atoms with E-state index in [9.17, 15) is 9.90 Å². The van der Waals surface area contributed by atoms with Crippen LogP contribution in [-0.4, -0.2) is 20.8 Å². The maximum atomic E-state index is 13.1. The van der Waals surface area contributed by atoms with Crippen LogP contribution in [0.15, 0.2) is 48.5 Å². The lowest BCUT2D eigenvalue weighted by Crippen LogP contribution is -2.16. The highest BCUT2D eigenvalue weighted by molar-refractivity contribution is 6.30. The van der Waals surface area contributed by atoms with Crippen LogP contribution in [0, 0.1) is 0 Å². The van der Waals surface area contributed by atoms with Crippen molar-refractivity contribution >= 4 is 23.2 Å². The lowest BCUT2D eigenvalue weighted by atomic mass is 10.1. The minimum atomic E-state index is -0.244. The van der Waals surface area contributed by atoms with E-state index < -0.39 is 0 Å². The maximum Gasteiger partial charge on any atom is 0.276 e. The lowest BCUT2D eigenvalue weighted by Gasteiger charge is -2.09. The van der Waals surface area contributed by atoms with Crippen LogP contribution in [0.1, 0.15) is 46.6 Å². The number of halogens is 1. The quantitative estimate of drug-likeness (QED) is 0.637. The average Bonchev–Trinajstić information content (AvgIpc) is 2.90. The van der Waals surface area contributed by atoms with E-state index in [-0.39, 0.29) is 12.5 Å². The Morgan fingerprint density at radius 2 is 1.82 bits per heavy atom. The number of hydrogen-bond acceptors (Lipinski definition) is 3. The molecule has 0 saturated carbocycles. The summed E-state index contributed by atoms with van der Waals surface area (Å²) in [7, 11) is 0. The summed E-state index contributed by atoms with van der Waals surface area (Å²) < 4.78 is 1.88. The minimum Gasteiger partial charge on any atom is -0.392 e. The molecular formula is C22H22ClN3O2. The second-order valence-electron chi connectivity index (χ2n) is 6.99. The molecule has 1 aliphatic carbocycles. The normalized spacial score (nSPS) is 13.6. The average molecular weight is 396 g/mol. The molecule has 3 aromatic rings. The number of aliphatic hydroxyl groups is 1. The molecule has 1 heterocycles. The molecule has 2 aromatic carbocycles. The molecule has 0 spiro atoms. The number of carbonyl (C=O) groups is 1. The van der Waals surface area contributed by atoms with Crippen molar-refractivity contribution in [1.29, 1.82) is 0 Å². The Kier molecular flexibility index (Phi) is 5.46. The molecule has 0 fully saturated rings. The van der Waals surface area contributed by atoms with Crippen molar-refractivity contribution < 1.29 is 9.90 Å². The zero-order chi connectivity index (χ0) is 19.5. The highest BCUT2D eigenvalue weighted by Crippen LogP contribution is 2.28. The van der Waals surface area contributed by atoms with E-state index in [0.29, 0.717) is 22.0 Å². The molecule has 28 heavy (non-hydrogen) atoms. The van der Waals surface area contributed by atoms with Gasteiger partial charge in [0.1, 0.15) is 0 Å². The molecule has 0 atom stereocenters. The molecule has 144 valence electrons. The van der Waals surface area contributed by atoms with Crippen LogP contribution in [0.3, 0.4) is 0 Å². The number of aliphatic hydroxyl groups excluding tert-OH is 1. The van der Waals surface area contributed by atoms with Crippen LogP contribution in [0.5, 0.6) is 0 Å². The van der Waals surface area contributed by atoms with E-state index >= 15 is 0 Å². The summed E-state index contributed by atoms with van der Waals surface area (Å²) in [6.07, 6.45) is 5.01. The number of amides is 1. The van der Waals surface area contributed by atoms with Crippen LogP contribution < -0.4 is 5.32 Å². The largest absolute Gasteiger partial charge is 0.392 e. The van der Waals surface area contributed by atoms with Crippen molar-refractivity contribution in [3.63, 3.8) is 0 Å². The Labute approximate surface area is 169 Å². The molecule has 1 amide bonds. The Hall–Kier alpha value is -2.63. The van der Waals surface area contributed by atoms with Crippen LogP contribution in [0.2, 0.25) is 5.02 Å². The zero-order valence-electron chi connectivity index (χ0n) is 15.5. The summed E-state index contributed by atoms with van der Waals surface area (Å²) in [6.45, 7) is -0.131. The predicted molar refractivity (Wildman–Crippen MR) is 110 cm³/mol. The standard InChI is InChI=1S/C22H22ClN3O2/c23-16-10-12-17(13-11-16)26-20-9-3-1-2-7-18(20)21(25-26)22(28)24-19-8-5-4-6-15(19)14-27/h4-6,8,10-13,27H,1-3,7,9,14H2,(H,24,28). The first kappa shape index (κ1) is 18.7. The number of anilines is 1. The summed E-state index contributed by atoms with van der Waals surface area (Å²) in [5.74, 6) is -0.244. The number of nitrogens with zero attached hydrogens (tertiary/aromatic N) is 2. The third-order valence-electron chi connectivity index (χ3n) is 5.15. The van der Waals surface area contributed by atoms with Crippen molar-refractivity contribution in [1.82, 2.24) is 9.78 Å². The van der Waals surface area contributed by atoms with Crippen LogP contribution in [0.25, 0.3) is 5.69 Å². The maximum absolute atomic E-state index is 13.1. The third kappa shape index (κ3) is 3.68. The van der Waals surface area contributed by atoms with Crippen LogP contribution >= 0.6 is 11.6 Å². The molecule has 0 radical (unpaired) electrons. The monoisotopic (exact) mass is 395 g/mol. The fourth-order valence-corrected chi connectivity index (χ4v) is 3.84. The van der Waals surface area contributed by atoms with Gasteiger partial charge in [-0.05, 0) is 56.0 Å². The molecular weight excluding hydrogens is 374 g/mol. The van der Waals surface area contributed by atoms with Gasteiger partial charge in [-0.2, -0.15) is 5.10 Å². The summed E-state index contributed by atoms with van der Waals surface area (Å²) in [4.78, 5) is 13.1. The Morgan fingerprint density at radius 1 is 1.07 bits per heavy atom. The Morgan fingerprint density at radius 3 is 2.61 bits per heavy atom. The smallest absolute Gasteiger partial charge is 0.276 e. The minimum absolute atomic E-state index is 0.131. The summed E-state index contributed by atoms with van der Waals surface area (Å²) >= 11 is 6.03. The third-order valence-corrected chi connectivity index (χ3v) is 5.40. The van der Waals surface area contributed by atoms with Gasteiger partial charge in [-0.15, -0.1) is 0 Å². The number of carbonyl (C=O) groups excluding carboxylic acids is 1. The van der Waals surface area contributed by atoms with Crippen molar-refractivity contribution in [3.05, 3.63) is 76.1 Å². The summed E-state index contributed by atoms with van der Waals surface area (Å²) in [5, 5.41) is 17.8. The fourth-order valence-electron chi connectivity index (χ4n) is 3.72. The van der Waals surface area contributed by atoms with Crippen molar-refractivity contribution in [3.8, 4) is 5.69 Å². The highest BCUT2D eigenvalue weighted by atomic mass is 35.5. The molecule has 0 aliphatic heterocycles. The van der Waals surface area contributed by atoms with E-state index in [1.54, 1.807) is 12.1 Å². The van der Waals surface area contributed by atoms with Gasteiger partial charge in [0.2, 0.25) is 0 Å². The van der Waals surface area contributed by atoms with E-state index in [0.717, 1.165) is 49.0 Å². The van der Waals surface area contributed by atoms with Gasteiger partial charge in [0.05, 0.1) is 12.3 Å². The van der Waals surface area contributed by atoms with Gasteiger partial charge in [0, 0.05) is 27.5 Å². The van der Waals surface area contributed by atoms with Gasteiger partial charge >= 0.3 is 0 Å². The lowest BCUT2D eigenvalue weighted by molar-refractivity contribution is 0.102. The first-order chi connectivity index (χ1) is 13.7. The molecule has 1 aliphatic rings. The topological polar surface area (TPSA) is 67.2 Å². The predicted octanol–water partition coefficient (Wildman–Crippen LogP) is 4.54. The molecule has 1 aromatic heterocycles. The fraction of sp³-hybridized carbons (Fsp3) is 0.273. The number of benzene rings is 2. The summed E-state index contributed by atoms with van der Waals surface area (Å²) in [5.41, 5.74) is 4.77. The summed E-state index contributed by atoms with van der Waals surface area (Å²) in [6, 6.07) is 14.8. The van der Waals surface area contributed by atoms with E-state index in [4.69, 9.17) is 11.6 Å². The Bertz CT molecular complexity index is 996. The molecule has 6 heteroatoms. The van der Waals surface area contributed by atoms with E-state index in [2.05, 4.69) is 10.4 Å². The molecule has 0 unspecified atom stereocenters. The van der Waals surface area contributed by atoms with Gasteiger partial charge in [-0.25, -0.2) is 4.68 Å². The van der Waals surface area contributed by atoms with Crippen LogP contribution in [-0.2, 0) is 19.4 Å². The number of hydrogen-bond donors (Lipinski definition) is 2. The highest BCUT2D eigenvalue weighted by Gasteiger charge is 2.25.